The highest BCUT2D eigenvalue weighted by molar-refractivity contribution is 7.89. The van der Waals surface area contributed by atoms with Gasteiger partial charge in [0.05, 0.1) is 22.8 Å². The number of sulfonamides is 1. The lowest BCUT2D eigenvalue weighted by Crippen LogP contribution is -2.37. The molecule has 0 atom stereocenters. The van der Waals surface area contributed by atoms with Crippen LogP contribution in [0.25, 0.3) is 0 Å². The first-order valence-electron chi connectivity index (χ1n) is 8.29. The third-order valence-electron chi connectivity index (χ3n) is 4.21. The second kappa shape index (κ2) is 8.00. The van der Waals surface area contributed by atoms with Crippen molar-refractivity contribution in [1.29, 1.82) is 0 Å². The van der Waals surface area contributed by atoms with Crippen LogP contribution in [0.5, 0.6) is 0 Å². The molecule has 0 radical (unpaired) electrons. The Morgan fingerprint density at radius 2 is 1.96 bits per heavy atom. The lowest BCUT2D eigenvalue weighted by molar-refractivity contribution is -0.384. The van der Waals surface area contributed by atoms with E-state index in [4.69, 9.17) is 4.74 Å². The van der Waals surface area contributed by atoms with Crippen LogP contribution in [0.4, 0.5) is 11.4 Å². The predicted molar refractivity (Wildman–Crippen MR) is 95.5 cm³/mol. The monoisotopic (exact) mass is 385 g/mol. The summed E-state index contributed by atoms with van der Waals surface area (Å²) in [5.41, 5.74) is 0.0787. The topological polar surface area (TPSA) is 119 Å². The SMILES string of the molecule is COC(=O)C1CCN(c2ccc(S(=O)(=O)NC(C)C)cc2[N+](=O)[O-])CC1. The fraction of sp³-hybridized carbons (Fsp3) is 0.562. The number of ether oxygens (including phenoxy) is 1. The van der Waals surface area contributed by atoms with E-state index in [9.17, 15) is 23.3 Å². The highest BCUT2D eigenvalue weighted by atomic mass is 32.2. The van der Waals surface area contributed by atoms with Crippen molar-refractivity contribution in [3.05, 3.63) is 28.3 Å². The second-order valence-corrected chi connectivity index (χ2v) is 8.18. The molecule has 144 valence electrons. The quantitative estimate of drug-likeness (QED) is 0.449. The van der Waals surface area contributed by atoms with E-state index < -0.39 is 14.9 Å². The van der Waals surface area contributed by atoms with Crippen LogP contribution in [0.15, 0.2) is 23.1 Å². The molecular weight excluding hydrogens is 362 g/mol. The van der Waals surface area contributed by atoms with Crippen LogP contribution >= 0.6 is 0 Å². The fourth-order valence-corrected chi connectivity index (χ4v) is 4.26. The third kappa shape index (κ3) is 4.50. The van der Waals surface area contributed by atoms with E-state index in [2.05, 4.69) is 4.72 Å². The maximum Gasteiger partial charge on any atom is 0.308 e. The van der Waals surface area contributed by atoms with Gasteiger partial charge in [-0.15, -0.1) is 0 Å². The lowest BCUT2D eigenvalue weighted by atomic mass is 9.96. The number of nitrogens with zero attached hydrogens (tertiary/aromatic N) is 2. The summed E-state index contributed by atoms with van der Waals surface area (Å²) in [7, 11) is -2.48. The van der Waals surface area contributed by atoms with E-state index in [-0.39, 0.29) is 28.5 Å². The van der Waals surface area contributed by atoms with Crippen molar-refractivity contribution in [3.63, 3.8) is 0 Å². The molecule has 26 heavy (non-hydrogen) atoms. The summed E-state index contributed by atoms with van der Waals surface area (Å²) in [4.78, 5) is 24.1. The molecule has 1 aliphatic rings. The summed E-state index contributed by atoms with van der Waals surface area (Å²) < 4.78 is 31.7. The van der Waals surface area contributed by atoms with Gasteiger partial charge >= 0.3 is 5.97 Å². The van der Waals surface area contributed by atoms with Crippen LogP contribution in [0.1, 0.15) is 26.7 Å². The molecule has 1 aromatic rings. The van der Waals surface area contributed by atoms with Gasteiger partial charge in [-0.05, 0) is 38.8 Å². The van der Waals surface area contributed by atoms with Crippen molar-refractivity contribution < 1.29 is 22.9 Å². The summed E-state index contributed by atoms with van der Waals surface area (Å²) in [5, 5.41) is 11.5. The molecule has 1 saturated heterocycles. The number of nitro benzene ring substituents is 1. The van der Waals surface area contributed by atoms with Gasteiger partial charge in [0.25, 0.3) is 5.69 Å². The zero-order valence-corrected chi connectivity index (χ0v) is 15.8. The Morgan fingerprint density at radius 1 is 1.35 bits per heavy atom. The predicted octanol–water partition coefficient (Wildman–Crippen LogP) is 1.67. The molecule has 0 saturated carbocycles. The highest BCUT2D eigenvalue weighted by Crippen LogP contribution is 2.33. The number of carbonyl (C=O) groups is 1. The van der Waals surface area contributed by atoms with Crippen LogP contribution in [0.2, 0.25) is 0 Å². The Bertz CT molecular complexity index is 785. The van der Waals surface area contributed by atoms with Crippen molar-refractivity contribution in [2.45, 2.75) is 37.6 Å². The summed E-state index contributed by atoms with van der Waals surface area (Å²) in [6, 6.07) is 3.56. The first-order valence-corrected chi connectivity index (χ1v) is 9.77. The van der Waals surface area contributed by atoms with Crippen molar-refractivity contribution >= 4 is 27.4 Å². The van der Waals surface area contributed by atoms with E-state index in [0.29, 0.717) is 31.6 Å². The van der Waals surface area contributed by atoms with E-state index >= 15 is 0 Å². The number of nitro groups is 1. The van der Waals surface area contributed by atoms with E-state index in [0.717, 1.165) is 6.07 Å². The summed E-state index contributed by atoms with van der Waals surface area (Å²) >= 11 is 0. The number of hydrogen-bond donors (Lipinski definition) is 1. The number of anilines is 1. The molecular formula is C16H23N3O6S. The minimum Gasteiger partial charge on any atom is -0.469 e. The highest BCUT2D eigenvalue weighted by Gasteiger charge is 2.30. The molecule has 1 heterocycles. The molecule has 0 bridgehead atoms. The van der Waals surface area contributed by atoms with Gasteiger partial charge in [-0.25, -0.2) is 13.1 Å². The van der Waals surface area contributed by atoms with Crippen molar-refractivity contribution in [2.75, 3.05) is 25.1 Å². The van der Waals surface area contributed by atoms with Gasteiger partial charge in [0.1, 0.15) is 5.69 Å². The van der Waals surface area contributed by atoms with Gasteiger partial charge in [0, 0.05) is 25.2 Å². The molecule has 0 aromatic heterocycles. The molecule has 0 unspecified atom stereocenters. The molecule has 10 heteroatoms. The van der Waals surface area contributed by atoms with Gasteiger partial charge in [0.2, 0.25) is 10.0 Å². The zero-order valence-electron chi connectivity index (χ0n) is 15.0. The van der Waals surface area contributed by atoms with Gasteiger partial charge < -0.3 is 9.64 Å². The van der Waals surface area contributed by atoms with Crippen LogP contribution in [0.3, 0.4) is 0 Å². The number of rotatable bonds is 6. The van der Waals surface area contributed by atoms with Crippen molar-refractivity contribution in [2.24, 2.45) is 5.92 Å². The molecule has 1 aliphatic heterocycles. The van der Waals surface area contributed by atoms with Crippen molar-refractivity contribution in [3.8, 4) is 0 Å². The number of hydrogen-bond acceptors (Lipinski definition) is 7. The minimum absolute atomic E-state index is 0.147. The van der Waals surface area contributed by atoms with Gasteiger partial charge in [0.15, 0.2) is 0 Å². The lowest BCUT2D eigenvalue weighted by Gasteiger charge is -2.32. The van der Waals surface area contributed by atoms with Gasteiger partial charge in [-0.2, -0.15) is 0 Å². The minimum atomic E-state index is -3.82. The molecule has 1 fully saturated rings. The van der Waals surface area contributed by atoms with Gasteiger partial charge in [-0.3, -0.25) is 14.9 Å². The normalized spacial score (nSPS) is 15.9. The van der Waals surface area contributed by atoms with E-state index in [1.807, 2.05) is 0 Å². The Balaban J connectivity index is 2.28. The Hall–Kier alpha value is -2.20. The molecule has 2 rings (SSSR count). The standard InChI is InChI=1S/C16H23N3O6S/c1-11(2)17-26(23,24)13-4-5-14(15(10-13)19(21)22)18-8-6-12(7-9-18)16(20)25-3/h4-5,10-12,17H,6-9H2,1-3H3. The van der Waals surface area contributed by atoms with Crippen LogP contribution in [-0.2, 0) is 19.6 Å². The average molecular weight is 385 g/mol. The number of nitrogens with one attached hydrogen (secondary N) is 1. The Morgan fingerprint density at radius 3 is 2.46 bits per heavy atom. The largest absolute Gasteiger partial charge is 0.469 e. The molecule has 1 N–H and O–H groups in total. The first kappa shape index (κ1) is 20.1. The van der Waals surface area contributed by atoms with Crippen LogP contribution < -0.4 is 9.62 Å². The van der Waals surface area contributed by atoms with E-state index in [1.54, 1.807) is 18.7 Å². The Labute approximate surface area is 152 Å². The number of carbonyl (C=O) groups excluding carboxylic acids is 1. The smallest absolute Gasteiger partial charge is 0.308 e. The van der Waals surface area contributed by atoms with Crippen molar-refractivity contribution in [1.82, 2.24) is 4.72 Å². The van der Waals surface area contributed by atoms with Gasteiger partial charge in [-0.1, -0.05) is 0 Å². The summed E-state index contributed by atoms with van der Waals surface area (Å²) in [5.74, 6) is -0.495. The second-order valence-electron chi connectivity index (χ2n) is 6.47. The first-order chi connectivity index (χ1) is 12.2. The number of methoxy groups -OCH3 is 1. The molecule has 9 nitrogen and oxygen atoms in total. The average Bonchev–Trinajstić information content (AvgIpc) is 2.59. The van der Waals surface area contributed by atoms with Crippen LogP contribution in [0, 0.1) is 16.0 Å². The zero-order chi connectivity index (χ0) is 19.5. The third-order valence-corrected chi connectivity index (χ3v) is 5.87. The molecule has 0 amide bonds. The molecule has 0 aliphatic carbocycles. The molecule has 0 spiro atoms. The van der Waals surface area contributed by atoms with E-state index in [1.165, 1.54) is 19.2 Å². The summed E-state index contributed by atoms with van der Waals surface area (Å²) in [6.45, 7) is 4.26. The molecule has 1 aromatic carbocycles. The maximum atomic E-state index is 12.3. The summed E-state index contributed by atoms with van der Waals surface area (Å²) in [6.07, 6.45) is 1.05. The number of piperidine rings is 1. The maximum absolute atomic E-state index is 12.3. The Kier molecular flexibility index (Phi) is 6.19. The van der Waals surface area contributed by atoms with Crippen LogP contribution in [-0.4, -0.2) is 45.6 Å². The fourth-order valence-electron chi connectivity index (χ4n) is 2.99. The number of benzene rings is 1. The number of esters is 1.